The molecular formula is C6H10N2O2. The van der Waals surface area contributed by atoms with Gasteiger partial charge in [-0.05, 0) is 7.05 Å². The molecule has 0 bridgehead atoms. The molecule has 56 valence electrons. The maximum Gasteiger partial charge on any atom is 0.213 e. The molecule has 0 aromatic carbocycles. The van der Waals surface area contributed by atoms with Crippen LogP contribution in [0.4, 0.5) is 0 Å². The van der Waals surface area contributed by atoms with Crippen LogP contribution in [-0.4, -0.2) is 43.3 Å². The summed E-state index contributed by atoms with van der Waals surface area (Å²) in [6.07, 6.45) is 0.383. The number of Topliss-reactive ketones (excluding diaryl/α,β-unsaturated/α-hetero) is 1. The van der Waals surface area contributed by atoms with Crippen molar-refractivity contribution in [3.63, 3.8) is 0 Å². The van der Waals surface area contributed by atoms with E-state index in [1.165, 1.54) is 0 Å². The first-order chi connectivity index (χ1) is 4.75. The third kappa shape index (κ3) is 1.22. The Morgan fingerprint density at radius 3 is 2.90 bits per heavy atom. The zero-order valence-corrected chi connectivity index (χ0v) is 5.83. The van der Waals surface area contributed by atoms with Crippen molar-refractivity contribution in [3.8, 4) is 0 Å². The summed E-state index contributed by atoms with van der Waals surface area (Å²) in [4.78, 5) is 22.6. The van der Waals surface area contributed by atoms with Gasteiger partial charge in [0.05, 0.1) is 6.04 Å². The molecule has 0 amide bonds. The van der Waals surface area contributed by atoms with Gasteiger partial charge in [0, 0.05) is 13.2 Å². The highest BCUT2D eigenvalue weighted by molar-refractivity contribution is 6.27. The molecule has 1 N–H and O–H groups in total. The molecule has 1 heterocycles. The minimum absolute atomic E-state index is 0.238. The normalized spacial score (nSPS) is 26.7. The summed E-state index contributed by atoms with van der Waals surface area (Å²) in [5.41, 5.74) is 0. The monoisotopic (exact) mass is 142 g/mol. The molecule has 0 aliphatic carbocycles. The van der Waals surface area contributed by atoms with Crippen molar-refractivity contribution in [2.24, 2.45) is 0 Å². The summed E-state index contributed by atoms with van der Waals surface area (Å²) in [7, 11) is 1.81. The zero-order valence-electron chi connectivity index (χ0n) is 5.83. The average molecular weight is 142 g/mol. The van der Waals surface area contributed by atoms with Gasteiger partial charge in [-0.3, -0.25) is 14.5 Å². The van der Waals surface area contributed by atoms with Crippen LogP contribution in [-0.2, 0) is 9.59 Å². The highest BCUT2D eigenvalue weighted by Crippen LogP contribution is 1.99. The highest BCUT2D eigenvalue weighted by Gasteiger charge is 2.26. The summed E-state index contributed by atoms with van der Waals surface area (Å²) in [5.74, 6) is -0.340. The van der Waals surface area contributed by atoms with Crippen LogP contribution in [0.2, 0.25) is 0 Å². The number of carbonyl (C=O) groups is 2. The fourth-order valence-electron chi connectivity index (χ4n) is 1.04. The van der Waals surface area contributed by atoms with E-state index in [-0.39, 0.29) is 11.8 Å². The smallest absolute Gasteiger partial charge is 0.213 e. The van der Waals surface area contributed by atoms with Crippen molar-refractivity contribution in [2.75, 3.05) is 20.3 Å². The van der Waals surface area contributed by atoms with Gasteiger partial charge in [0.25, 0.3) is 0 Å². The summed E-state index contributed by atoms with van der Waals surface area (Å²) < 4.78 is 0. The lowest BCUT2D eigenvalue weighted by molar-refractivity contribution is -0.132. The quantitative estimate of drug-likeness (QED) is 0.381. The molecule has 0 aromatic rings. The number of carbonyl (C=O) groups excluding carboxylic acids is 2. The molecule has 4 nitrogen and oxygen atoms in total. The van der Waals surface area contributed by atoms with Crippen molar-refractivity contribution < 1.29 is 9.59 Å². The fraction of sp³-hybridized carbons (Fsp3) is 0.667. The first-order valence-corrected chi connectivity index (χ1v) is 3.15. The Kier molecular flexibility index (Phi) is 2.13. The Hall–Kier alpha value is -0.740. The van der Waals surface area contributed by atoms with Gasteiger partial charge >= 0.3 is 0 Å². The maximum atomic E-state index is 10.8. The van der Waals surface area contributed by atoms with E-state index in [1.54, 1.807) is 0 Å². The van der Waals surface area contributed by atoms with Gasteiger partial charge in [0.1, 0.15) is 0 Å². The van der Waals surface area contributed by atoms with Crippen molar-refractivity contribution in [2.45, 2.75) is 6.04 Å². The topological polar surface area (TPSA) is 49.4 Å². The first-order valence-electron chi connectivity index (χ1n) is 3.15. The maximum absolute atomic E-state index is 10.8. The molecule has 1 aliphatic heterocycles. The van der Waals surface area contributed by atoms with Crippen LogP contribution in [0.5, 0.6) is 0 Å². The van der Waals surface area contributed by atoms with Crippen molar-refractivity contribution >= 4 is 12.1 Å². The summed E-state index contributed by atoms with van der Waals surface area (Å²) >= 11 is 0. The molecule has 1 fully saturated rings. The summed E-state index contributed by atoms with van der Waals surface area (Å²) in [5, 5.41) is 2.98. The Morgan fingerprint density at radius 2 is 2.50 bits per heavy atom. The van der Waals surface area contributed by atoms with E-state index in [4.69, 9.17) is 0 Å². The molecule has 0 radical (unpaired) electrons. The van der Waals surface area contributed by atoms with Crippen LogP contribution in [0.25, 0.3) is 0 Å². The number of likely N-dealkylation sites (N-methyl/N-ethyl adjacent to an activating group) is 1. The molecule has 1 rings (SSSR count). The second-order valence-electron chi connectivity index (χ2n) is 2.41. The summed E-state index contributed by atoms with van der Waals surface area (Å²) in [6, 6.07) is -0.238. The van der Waals surface area contributed by atoms with Gasteiger partial charge in [0.15, 0.2) is 6.29 Å². The second kappa shape index (κ2) is 2.90. The van der Waals surface area contributed by atoms with Gasteiger partial charge in [-0.2, -0.15) is 0 Å². The molecule has 1 aliphatic rings. The molecule has 0 aromatic heterocycles. The Morgan fingerprint density at radius 1 is 1.80 bits per heavy atom. The third-order valence-corrected chi connectivity index (χ3v) is 1.68. The summed E-state index contributed by atoms with van der Waals surface area (Å²) in [6.45, 7) is 1.28. The molecule has 10 heavy (non-hydrogen) atoms. The van der Waals surface area contributed by atoms with Crippen LogP contribution in [0.1, 0.15) is 0 Å². The first kappa shape index (κ1) is 7.37. The molecule has 0 saturated carbocycles. The lowest BCUT2D eigenvalue weighted by Gasteiger charge is -2.12. The molecule has 0 spiro atoms. The van der Waals surface area contributed by atoms with E-state index < -0.39 is 0 Å². The van der Waals surface area contributed by atoms with Gasteiger partial charge in [-0.1, -0.05) is 0 Å². The molecule has 4 heteroatoms. The SMILES string of the molecule is CN1CNCC1C(=O)C=O. The van der Waals surface area contributed by atoms with E-state index in [2.05, 4.69) is 5.32 Å². The molecule has 1 unspecified atom stereocenters. The van der Waals surface area contributed by atoms with E-state index in [0.717, 1.165) is 0 Å². The number of hydrogen-bond donors (Lipinski definition) is 1. The number of ketones is 1. The third-order valence-electron chi connectivity index (χ3n) is 1.68. The highest BCUT2D eigenvalue weighted by atomic mass is 16.2. The second-order valence-corrected chi connectivity index (χ2v) is 2.41. The number of nitrogens with one attached hydrogen (secondary N) is 1. The van der Waals surface area contributed by atoms with E-state index in [0.29, 0.717) is 19.5 Å². The molecule has 1 saturated heterocycles. The van der Waals surface area contributed by atoms with Gasteiger partial charge in [-0.15, -0.1) is 0 Å². The van der Waals surface area contributed by atoms with Gasteiger partial charge in [-0.25, -0.2) is 0 Å². The lowest BCUT2D eigenvalue weighted by atomic mass is 10.2. The average Bonchev–Trinajstić information content (AvgIpc) is 2.34. The molecule has 1 atom stereocenters. The van der Waals surface area contributed by atoms with Crippen LogP contribution in [0.3, 0.4) is 0 Å². The van der Waals surface area contributed by atoms with Crippen LogP contribution in [0, 0.1) is 0 Å². The molecular weight excluding hydrogens is 132 g/mol. The predicted octanol–water partition coefficient (Wildman–Crippen LogP) is -1.38. The van der Waals surface area contributed by atoms with Crippen molar-refractivity contribution in [1.29, 1.82) is 0 Å². The van der Waals surface area contributed by atoms with E-state index in [9.17, 15) is 9.59 Å². The Bertz CT molecular complexity index is 158. The Balaban J connectivity index is 2.54. The van der Waals surface area contributed by atoms with E-state index >= 15 is 0 Å². The van der Waals surface area contributed by atoms with Crippen LogP contribution >= 0.6 is 0 Å². The van der Waals surface area contributed by atoms with Crippen LogP contribution in [0.15, 0.2) is 0 Å². The van der Waals surface area contributed by atoms with Gasteiger partial charge in [0.2, 0.25) is 5.78 Å². The largest absolute Gasteiger partial charge is 0.302 e. The van der Waals surface area contributed by atoms with Crippen molar-refractivity contribution in [1.82, 2.24) is 10.2 Å². The van der Waals surface area contributed by atoms with E-state index in [1.807, 2.05) is 11.9 Å². The zero-order chi connectivity index (χ0) is 7.56. The Labute approximate surface area is 59.2 Å². The number of nitrogens with zero attached hydrogens (tertiary/aromatic N) is 1. The fourth-order valence-corrected chi connectivity index (χ4v) is 1.04. The standard InChI is InChI=1S/C6H10N2O2/c1-8-4-7-2-5(8)6(10)3-9/h3,5,7H,2,4H2,1H3. The minimum Gasteiger partial charge on any atom is -0.302 e. The van der Waals surface area contributed by atoms with Crippen molar-refractivity contribution in [3.05, 3.63) is 0 Å². The predicted molar refractivity (Wildman–Crippen MR) is 35.5 cm³/mol. The number of aldehydes is 1. The van der Waals surface area contributed by atoms with Crippen LogP contribution < -0.4 is 5.32 Å². The number of rotatable bonds is 2. The minimum atomic E-state index is -0.340. The van der Waals surface area contributed by atoms with Gasteiger partial charge < -0.3 is 5.32 Å². The number of hydrogen-bond acceptors (Lipinski definition) is 4. The lowest BCUT2D eigenvalue weighted by Crippen LogP contribution is -2.35.